The molecule has 0 atom stereocenters. The number of aryl methyl sites for hydroxylation is 2. The molecule has 2 aromatic rings. The second kappa shape index (κ2) is 6.91. The van der Waals surface area contributed by atoms with Crippen molar-refractivity contribution < 1.29 is 19.2 Å². The molecule has 8 nitrogen and oxygen atoms in total. The summed E-state index contributed by atoms with van der Waals surface area (Å²) in [6.45, 7) is 4.34. The summed E-state index contributed by atoms with van der Waals surface area (Å²) >= 11 is 0. The molecular formula is C15H17N3O5. The van der Waals surface area contributed by atoms with Gasteiger partial charge in [-0.2, -0.15) is 5.10 Å². The van der Waals surface area contributed by atoms with Gasteiger partial charge < -0.3 is 9.47 Å². The average Bonchev–Trinajstić information content (AvgIpc) is 2.84. The first-order valence-corrected chi connectivity index (χ1v) is 6.93. The predicted molar refractivity (Wildman–Crippen MR) is 81.6 cm³/mol. The van der Waals surface area contributed by atoms with E-state index < -0.39 is 10.9 Å². The minimum Gasteiger partial charge on any atom is -0.490 e. The van der Waals surface area contributed by atoms with Gasteiger partial charge in [-0.05, 0) is 32.0 Å². The lowest BCUT2D eigenvalue weighted by atomic mass is 10.2. The third-order valence-corrected chi connectivity index (χ3v) is 3.25. The fraction of sp³-hybridized carbons (Fsp3) is 0.333. The van der Waals surface area contributed by atoms with Crippen LogP contribution < -0.4 is 4.74 Å². The van der Waals surface area contributed by atoms with Gasteiger partial charge in [0.05, 0.1) is 29.8 Å². The first kappa shape index (κ1) is 16.5. The summed E-state index contributed by atoms with van der Waals surface area (Å²) in [6.07, 6.45) is 0. The largest absolute Gasteiger partial charge is 0.490 e. The number of aromatic nitrogens is 2. The zero-order valence-corrected chi connectivity index (χ0v) is 13.1. The molecule has 0 unspecified atom stereocenters. The van der Waals surface area contributed by atoms with E-state index in [1.807, 2.05) is 19.9 Å². The van der Waals surface area contributed by atoms with Gasteiger partial charge in [0.25, 0.3) is 0 Å². The van der Waals surface area contributed by atoms with Crippen molar-refractivity contribution in [2.24, 2.45) is 0 Å². The highest BCUT2D eigenvalue weighted by molar-refractivity contribution is 5.90. The van der Waals surface area contributed by atoms with Gasteiger partial charge in [-0.1, -0.05) is 0 Å². The highest BCUT2D eigenvalue weighted by atomic mass is 16.6. The molecule has 0 saturated heterocycles. The highest BCUT2D eigenvalue weighted by Crippen LogP contribution is 2.27. The molecule has 0 fully saturated rings. The van der Waals surface area contributed by atoms with Gasteiger partial charge in [0.15, 0.2) is 5.75 Å². The monoisotopic (exact) mass is 319 g/mol. The van der Waals surface area contributed by atoms with Gasteiger partial charge in [-0.15, -0.1) is 0 Å². The van der Waals surface area contributed by atoms with E-state index >= 15 is 0 Å². The van der Waals surface area contributed by atoms with Crippen LogP contribution in [0.25, 0.3) is 0 Å². The lowest BCUT2D eigenvalue weighted by molar-refractivity contribution is -0.385. The van der Waals surface area contributed by atoms with Crippen molar-refractivity contribution in [1.82, 2.24) is 9.78 Å². The molecule has 0 aliphatic heterocycles. The summed E-state index contributed by atoms with van der Waals surface area (Å²) in [5.41, 5.74) is 1.68. The molecule has 0 amide bonds. The van der Waals surface area contributed by atoms with Crippen molar-refractivity contribution in [2.45, 2.75) is 20.4 Å². The van der Waals surface area contributed by atoms with E-state index in [0.29, 0.717) is 6.54 Å². The van der Waals surface area contributed by atoms with E-state index in [2.05, 4.69) is 5.10 Å². The van der Waals surface area contributed by atoms with Crippen LogP contribution in [0.4, 0.5) is 5.69 Å². The number of ether oxygens (including phenoxy) is 2. The van der Waals surface area contributed by atoms with Gasteiger partial charge in [0.2, 0.25) is 0 Å². The van der Waals surface area contributed by atoms with E-state index in [-0.39, 0.29) is 23.6 Å². The number of esters is 1. The SMILES string of the molecule is COc1ccc(C(=O)OCCn2nc(C)cc2C)cc1[N+](=O)[O-]. The molecule has 0 bridgehead atoms. The van der Waals surface area contributed by atoms with E-state index in [0.717, 1.165) is 17.5 Å². The number of carbonyl (C=O) groups excluding carboxylic acids is 1. The fourth-order valence-electron chi connectivity index (χ4n) is 2.17. The lowest BCUT2D eigenvalue weighted by Gasteiger charge is -2.07. The molecule has 1 aromatic carbocycles. The molecule has 0 aliphatic carbocycles. The standard InChI is InChI=1S/C15H17N3O5/c1-10-8-11(2)17(16-10)6-7-23-15(19)12-4-5-14(22-3)13(9-12)18(20)21/h4-5,8-9H,6-7H2,1-3H3. The highest BCUT2D eigenvalue weighted by Gasteiger charge is 2.18. The van der Waals surface area contributed by atoms with Crippen LogP contribution in [-0.4, -0.2) is 34.4 Å². The smallest absolute Gasteiger partial charge is 0.338 e. The Kier molecular flexibility index (Phi) is 4.95. The van der Waals surface area contributed by atoms with E-state index in [9.17, 15) is 14.9 Å². The number of methoxy groups -OCH3 is 1. The Bertz CT molecular complexity index is 739. The maximum Gasteiger partial charge on any atom is 0.338 e. The number of nitro benzene ring substituents is 1. The summed E-state index contributed by atoms with van der Waals surface area (Å²) < 4.78 is 11.8. The number of hydrogen-bond donors (Lipinski definition) is 0. The van der Waals surface area contributed by atoms with Crippen LogP contribution in [0.3, 0.4) is 0 Å². The molecular weight excluding hydrogens is 302 g/mol. The number of rotatable bonds is 6. The lowest BCUT2D eigenvalue weighted by Crippen LogP contribution is -2.13. The van der Waals surface area contributed by atoms with Crippen molar-refractivity contribution in [3.63, 3.8) is 0 Å². The summed E-state index contributed by atoms with van der Waals surface area (Å²) in [4.78, 5) is 22.3. The number of nitrogens with zero attached hydrogens (tertiary/aromatic N) is 3. The van der Waals surface area contributed by atoms with Crippen molar-refractivity contribution in [3.8, 4) is 5.75 Å². The molecule has 0 spiro atoms. The molecule has 2 rings (SSSR count). The third kappa shape index (κ3) is 3.85. The Morgan fingerprint density at radius 1 is 1.35 bits per heavy atom. The molecule has 1 aromatic heterocycles. The van der Waals surface area contributed by atoms with Crippen LogP contribution in [0.1, 0.15) is 21.7 Å². The Morgan fingerprint density at radius 3 is 2.65 bits per heavy atom. The van der Waals surface area contributed by atoms with Crippen molar-refractivity contribution in [1.29, 1.82) is 0 Å². The second-order valence-corrected chi connectivity index (χ2v) is 4.93. The van der Waals surface area contributed by atoms with Crippen LogP contribution >= 0.6 is 0 Å². The molecule has 8 heteroatoms. The first-order valence-electron chi connectivity index (χ1n) is 6.93. The average molecular weight is 319 g/mol. The van der Waals surface area contributed by atoms with Crippen molar-refractivity contribution in [2.75, 3.05) is 13.7 Å². The number of benzene rings is 1. The van der Waals surface area contributed by atoms with Crippen molar-refractivity contribution in [3.05, 3.63) is 51.3 Å². The number of hydrogen-bond acceptors (Lipinski definition) is 6. The molecule has 0 saturated carbocycles. The Balaban J connectivity index is 2.02. The van der Waals surface area contributed by atoms with Gasteiger partial charge in [-0.25, -0.2) is 4.79 Å². The zero-order chi connectivity index (χ0) is 17.0. The van der Waals surface area contributed by atoms with Gasteiger partial charge in [0, 0.05) is 11.8 Å². The Morgan fingerprint density at radius 2 is 2.09 bits per heavy atom. The summed E-state index contributed by atoms with van der Waals surface area (Å²) in [7, 11) is 1.33. The minimum atomic E-state index is -0.628. The quantitative estimate of drug-likeness (QED) is 0.460. The fourth-order valence-corrected chi connectivity index (χ4v) is 2.17. The van der Waals surface area contributed by atoms with Crippen LogP contribution in [0.2, 0.25) is 0 Å². The maximum atomic E-state index is 12.0. The van der Waals surface area contributed by atoms with Gasteiger partial charge >= 0.3 is 11.7 Å². The molecule has 0 N–H and O–H groups in total. The molecule has 1 heterocycles. The first-order chi connectivity index (χ1) is 10.9. The minimum absolute atomic E-state index is 0.0918. The second-order valence-electron chi connectivity index (χ2n) is 4.93. The molecule has 122 valence electrons. The van der Waals surface area contributed by atoms with Crippen LogP contribution in [0.5, 0.6) is 5.75 Å². The normalized spacial score (nSPS) is 10.4. The molecule has 0 radical (unpaired) electrons. The van der Waals surface area contributed by atoms with Crippen molar-refractivity contribution >= 4 is 11.7 Å². The summed E-state index contributed by atoms with van der Waals surface area (Å²) in [5, 5.41) is 15.2. The van der Waals surface area contributed by atoms with E-state index in [4.69, 9.17) is 9.47 Å². The maximum absolute atomic E-state index is 12.0. The van der Waals surface area contributed by atoms with Gasteiger partial charge in [0.1, 0.15) is 6.61 Å². The van der Waals surface area contributed by atoms with Crippen LogP contribution in [0, 0.1) is 24.0 Å². The third-order valence-electron chi connectivity index (χ3n) is 3.25. The zero-order valence-electron chi connectivity index (χ0n) is 13.1. The van der Waals surface area contributed by atoms with Gasteiger partial charge in [-0.3, -0.25) is 14.8 Å². The van der Waals surface area contributed by atoms with Crippen LogP contribution in [-0.2, 0) is 11.3 Å². The summed E-state index contributed by atoms with van der Waals surface area (Å²) in [5.74, 6) is -0.536. The topological polar surface area (TPSA) is 96.5 Å². The van der Waals surface area contributed by atoms with E-state index in [1.165, 1.54) is 19.2 Å². The van der Waals surface area contributed by atoms with E-state index in [1.54, 1.807) is 4.68 Å². The predicted octanol–water partition coefficient (Wildman–Crippen LogP) is 2.27. The summed E-state index contributed by atoms with van der Waals surface area (Å²) in [6, 6.07) is 5.87. The Labute approximate surface area is 132 Å². The molecule has 23 heavy (non-hydrogen) atoms. The van der Waals surface area contributed by atoms with Crippen LogP contribution in [0.15, 0.2) is 24.3 Å². The number of carbonyl (C=O) groups is 1. The Hall–Kier alpha value is -2.90. The number of nitro groups is 1. The molecule has 0 aliphatic rings.